The lowest BCUT2D eigenvalue weighted by Crippen LogP contribution is -2.24. The van der Waals surface area contributed by atoms with E-state index >= 15 is 0 Å². The smallest absolute Gasteiger partial charge is 0.297 e. The van der Waals surface area contributed by atoms with Crippen LogP contribution in [-0.2, 0) is 11.3 Å². The average Bonchev–Trinajstić information content (AvgIpc) is 2.65. The van der Waals surface area contributed by atoms with Crippen LogP contribution in [0.25, 0.3) is 0 Å². The lowest BCUT2D eigenvalue weighted by atomic mass is 10.5. The highest BCUT2D eigenvalue weighted by Crippen LogP contribution is 2.11. The summed E-state index contributed by atoms with van der Waals surface area (Å²) in [6.07, 6.45) is 1.83. The van der Waals surface area contributed by atoms with E-state index in [0.29, 0.717) is 19.2 Å². The van der Waals surface area contributed by atoms with Crippen molar-refractivity contribution in [3.63, 3.8) is 0 Å². The number of likely N-dealkylation sites (N-methyl/N-ethyl adjacent to an activating group) is 1. The molecule has 0 amide bonds. The maximum Gasteiger partial charge on any atom is 0.297 e. The van der Waals surface area contributed by atoms with Gasteiger partial charge < -0.3 is 19.8 Å². The second-order valence-electron chi connectivity index (χ2n) is 3.67. The van der Waals surface area contributed by atoms with Crippen molar-refractivity contribution in [2.24, 2.45) is 5.73 Å². The summed E-state index contributed by atoms with van der Waals surface area (Å²) in [6.45, 7) is 5.84. The van der Waals surface area contributed by atoms with Gasteiger partial charge in [0.2, 0.25) is 0 Å². The molecule has 5 nitrogen and oxygen atoms in total. The number of rotatable bonds is 6. The Labute approximate surface area is 90.2 Å². The largest absolute Gasteiger partial charge is 0.432 e. The summed E-state index contributed by atoms with van der Waals surface area (Å²) in [5.41, 5.74) is 6.20. The van der Waals surface area contributed by atoms with Gasteiger partial charge in [-0.1, -0.05) is 0 Å². The molecule has 5 heteroatoms. The fourth-order valence-electron chi connectivity index (χ4n) is 1.09. The Kier molecular flexibility index (Phi) is 4.58. The van der Waals surface area contributed by atoms with Gasteiger partial charge in [-0.15, -0.1) is 0 Å². The minimum Gasteiger partial charge on any atom is -0.432 e. The van der Waals surface area contributed by atoms with Gasteiger partial charge >= 0.3 is 0 Å². The highest BCUT2D eigenvalue weighted by atomic mass is 16.5. The van der Waals surface area contributed by atoms with Crippen LogP contribution in [0.1, 0.15) is 19.5 Å². The van der Waals surface area contributed by atoms with Crippen molar-refractivity contribution in [2.45, 2.75) is 26.5 Å². The molecule has 0 unspecified atom stereocenters. The van der Waals surface area contributed by atoms with Crippen molar-refractivity contribution in [3.8, 4) is 0 Å². The number of nitrogens with two attached hydrogens (primary N) is 1. The van der Waals surface area contributed by atoms with Crippen molar-refractivity contribution >= 4 is 6.01 Å². The Bertz CT molecular complexity index is 286. The molecule has 0 spiro atoms. The summed E-state index contributed by atoms with van der Waals surface area (Å²) in [4.78, 5) is 6.11. The third-order valence-corrected chi connectivity index (χ3v) is 1.95. The minimum atomic E-state index is 0.252. The molecule has 1 aromatic rings. The molecule has 1 heterocycles. The molecule has 0 aromatic carbocycles. The molecule has 0 aliphatic heterocycles. The Morgan fingerprint density at radius 3 is 2.87 bits per heavy atom. The number of hydrogen-bond donors (Lipinski definition) is 1. The van der Waals surface area contributed by atoms with E-state index in [0.717, 1.165) is 12.2 Å². The molecule has 0 atom stereocenters. The van der Waals surface area contributed by atoms with Crippen LogP contribution in [0.5, 0.6) is 0 Å². The number of hydrogen-bond acceptors (Lipinski definition) is 5. The highest BCUT2D eigenvalue weighted by Gasteiger charge is 2.07. The number of nitrogens with zero attached hydrogens (tertiary/aromatic N) is 2. The van der Waals surface area contributed by atoms with Crippen LogP contribution in [0.3, 0.4) is 0 Å². The van der Waals surface area contributed by atoms with E-state index in [1.807, 2.05) is 25.8 Å². The molecule has 2 N–H and O–H groups in total. The fourth-order valence-corrected chi connectivity index (χ4v) is 1.09. The zero-order valence-corrected chi connectivity index (χ0v) is 9.56. The molecule has 0 aliphatic carbocycles. The number of ether oxygens (including phenoxy) is 1. The molecule has 0 radical (unpaired) electrons. The molecule has 1 aromatic heterocycles. The van der Waals surface area contributed by atoms with Crippen molar-refractivity contribution in [2.75, 3.05) is 25.1 Å². The molecule has 15 heavy (non-hydrogen) atoms. The average molecular weight is 213 g/mol. The summed E-state index contributed by atoms with van der Waals surface area (Å²) in [5.74, 6) is 0. The fraction of sp³-hybridized carbons (Fsp3) is 0.700. The van der Waals surface area contributed by atoms with Gasteiger partial charge in [-0.25, -0.2) is 0 Å². The first-order valence-corrected chi connectivity index (χ1v) is 5.10. The van der Waals surface area contributed by atoms with Crippen LogP contribution in [0.4, 0.5) is 6.01 Å². The predicted octanol–water partition coefficient (Wildman–Crippen LogP) is 0.994. The van der Waals surface area contributed by atoms with Crippen LogP contribution < -0.4 is 10.6 Å². The summed E-state index contributed by atoms with van der Waals surface area (Å²) in [6, 6.07) is 0.586. The topological polar surface area (TPSA) is 64.5 Å². The van der Waals surface area contributed by atoms with Gasteiger partial charge in [0.05, 0.1) is 18.4 Å². The molecule has 1 rings (SSSR count). The maximum atomic E-state index is 5.44. The van der Waals surface area contributed by atoms with Gasteiger partial charge in [-0.3, -0.25) is 0 Å². The minimum absolute atomic E-state index is 0.252. The van der Waals surface area contributed by atoms with Crippen LogP contribution >= 0.6 is 0 Å². The van der Waals surface area contributed by atoms with Gasteiger partial charge in [-0.2, -0.15) is 4.98 Å². The second-order valence-corrected chi connectivity index (χ2v) is 3.67. The summed E-state index contributed by atoms with van der Waals surface area (Å²) < 4.78 is 10.7. The van der Waals surface area contributed by atoms with Crippen LogP contribution in [0, 0.1) is 0 Å². The third kappa shape index (κ3) is 3.89. The van der Waals surface area contributed by atoms with E-state index in [1.54, 1.807) is 6.26 Å². The molecule has 86 valence electrons. The zero-order valence-electron chi connectivity index (χ0n) is 9.56. The van der Waals surface area contributed by atoms with Crippen LogP contribution in [0.15, 0.2) is 10.7 Å². The first-order valence-electron chi connectivity index (χ1n) is 5.10. The Balaban J connectivity index is 2.36. The van der Waals surface area contributed by atoms with Crippen molar-refractivity contribution < 1.29 is 9.15 Å². The van der Waals surface area contributed by atoms with Gasteiger partial charge in [-0.05, 0) is 13.8 Å². The maximum absolute atomic E-state index is 5.44. The van der Waals surface area contributed by atoms with Gasteiger partial charge in [0.1, 0.15) is 6.26 Å². The lowest BCUT2D eigenvalue weighted by molar-refractivity contribution is 0.0841. The molecule has 0 aliphatic rings. The standard InChI is InChI=1S/C10H19N3O2/c1-8(2)14-5-4-13(3)10-12-9(6-11)7-15-10/h7-8H,4-6,11H2,1-3H3. The van der Waals surface area contributed by atoms with Gasteiger partial charge in [0.25, 0.3) is 6.01 Å². The van der Waals surface area contributed by atoms with Gasteiger partial charge in [0.15, 0.2) is 0 Å². The number of oxazole rings is 1. The van der Waals surface area contributed by atoms with Crippen molar-refractivity contribution in [1.29, 1.82) is 0 Å². The Morgan fingerprint density at radius 2 is 2.33 bits per heavy atom. The Hall–Kier alpha value is -1.07. The number of anilines is 1. The summed E-state index contributed by atoms with van der Waals surface area (Å²) in [5, 5.41) is 0. The zero-order chi connectivity index (χ0) is 11.3. The quantitative estimate of drug-likeness (QED) is 0.763. The van der Waals surface area contributed by atoms with Crippen molar-refractivity contribution in [3.05, 3.63) is 12.0 Å². The molecule has 0 fully saturated rings. The number of aromatic nitrogens is 1. The molecular weight excluding hydrogens is 194 g/mol. The van der Waals surface area contributed by atoms with Crippen molar-refractivity contribution in [1.82, 2.24) is 4.98 Å². The summed E-state index contributed by atoms with van der Waals surface area (Å²) >= 11 is 0. The normalized spacial score (nSPS) is 11.0. The summed E-state index contributed by atoms with van der Waals surface area (Å²) in [7, 11) is 1.91. The molecule has 0 saturated heterocycles. The third-order valence-electron chi connectivity index (χ3n) is 1.95. The Morgan fingerprint density at radius 1 is 1.60 bits per heavy atom. The first-order chi connectivity index (χ1) is 7.13. The molecule has 0 saturated carbocycles. The monoisotopic (exact) mass is 213 g/mol. The van der Waals surface area contributed by atoms with Crippen LogP contribution in [0.2, 0.25) is 0 Å². The van der Waals surface area contributed by atoms with E-state index in [-0.39, 0.29) is 6.10 Å². The first kappa shape index (κ1) is 12.0. The SMILES string of the molecule is CC(C)OCCN(C)c1nc(CN)co1. The van der Waals surface area contributed by atoms with E-state index in [2.05, 4.69) is 4.98 Å². The second kappa shape index (κ2) is 5.72. The van der Waals surface area contributed by atoms with E-state index in [4.69, 9.17) is 14.9 Å². The van der Waals surface area contributed by atoms with Crippen LogP contribution in [-0.4, -0.2) is 31.3 Å². The van der Waals surface area contributed by atoms with E-state index < -0.39 is 0 Å². The predicted molar refractivity (Wildman–Crippen MR) is 58.8 cm³/mol. The van der Waals surface area contributed by atoms with Gasteiger partial charge in [0, 0.05) is 20.1 Å². The highest BCUT2D eigenvalue weighted by molar-refractivity contribution is 5.24. The molecule has 0 bridgehead atoms. The molecular formula is C10H19N3O2. The van der Waals surface area contributed by atoms with E-state index in [1.165, 1.54) is 0 Å². The van der Waals surface area contributed by atoms with E-state index in [9.17, 15) is 0 Å². The lowest BCUT2D eigenvalue weighted by Gasteiger charge is -2.15.